The van der Waals surface area contributed by atoms with Gasteiger partial charge in [0.25, 0.3) is 0 Å². The third-order valence-electron chi connectivity index (χ3n) is 4.84. The van der Waals surface area contributed by atoms with E-state index >= 15 is 0 Å². The Morgan fingerprint density at radius 2 is 1.72 bits per heavy atom. The standard InChI is InChI=1S/C22H27N3O4/c1-17(26)29-22-20(27-2)13-19(14-21(22)28-3)15-23-25-11-9-24(10-12-25)16-18-7-5-4-6-8-18/h4-8,13-15H,9-12,16H2,1-3H3/p+1/b23-15-. The van der Waals surface area contributed by atoms with Crippen LogP contribution in [0.5, 0.6) is 17.2 Å². The van der Waals surface area contributed by atoms with Gasteiger partial charge in [0, 0.05) is 18.1 Å². The van der Waals surface area contributed by atoms with Crippen LogP contribution >= 0.6 is 0 Å². The van der Waals surface area contributed by atoms with Gasteiger partial charge in [-0.3, -0.25) is 9.80 Å². The van der Waals surface area contributed by atoms with Crippen LogP contribution in [0.25, 0.3) is 0 Å². The van der Waals surface area contributed by atoms with Gasteiger partial charge in [0.05, 0.1) is 46.6 Å². The zero-order valence-electron chi connectivity index (χ0n) is 17.2. The molecule has 7 heteroatoms. The Kier molecular flexibility index (Phi) is 7.08. The number of carbonyl (C=O) groups is 1. The van der Waals surface area contributed by atoms with Crippen molar-refractivity contribution in [1.29, 1.82) is 0 Å². The SMILES string of the molecule is COc1cc(/C=N\N2CC[NH+](Cc3ccccc3)CC2)cc(OC)c1OC(C)=O. The van der Waals surface area contributed by atoms with Crippen LogP contribution in [0.2, 0.25) is 0 Å². The summed E-state index contributed by atoms with van der Waals surface area (Å²) in [6, 6.07) is 14.1. The van der Waals surface area contributed by atoms with Gasteiger partial charge in [-0.15, -0.1) is 0 Å². The molecule has 2 aromatic rings. The minimum Gasteiger partial charge on any atom is -0.493 e. The molecule has 0 unspecified atom stereocenters. The quantitative estimate of drug-likeness (QED) is 0.434. The van der Waals surface area contributed by atoms with E-state index in [2.05, 4.69) is 34.4 Å². The molecule has 0 aliphatic carbocycles. The molecular weight excluding hydrogens is 370 g/mol. The number of nitrogens with one attached hydrogen (secondary N) is 1. The lowest BCUT2D eigenvalue weighted by atomic mass is 10.2. The van der Waals surface area contributed by atoms with Crippen LogP contribution < -0.4 is 19.1 Å². The smallest absolute Gasteiger partial charge is 0.308 e. The summed E-state index contributed by atoms with van der Waals surface area (Å²) >= 11 is 0. The molecule has 1 heterocycles. The number of carbonyl (C=O) groups excluding carboxylic acids is 1. The molecule has 0 aromatic heterocycles. The summed E-state index contributed by atoms with van der Waals surface area (Å²) in [5.74, 6) is 0.702. The van der Waals surface area contributed by atoms with Crippen LogP contribution in [0, 0.1) is 0 Å². The number of rotatable bonds is 7. The number of nitrogens with zero attached hydrogens (tertiary/aromatic N) is 2. The van der Waals surface area contributed by atoms with E-state index in [0.29, 0.717) is 11.5 Å². The number of esters is 1. The maximum atomic E-state index is 11.3. The first-order chi connectivity index (χ1) is 14.1. The molecule has 0 bridgehead atoms. The van der Waals surface area contributed by atoms with Crippen molar-refractivity contribution in [2.75, 3.05) is 40.4 Å². The number of piperazine rings is 1. The Morgan fingerprint density at radius 3 is 2.28 bits per heavy atom. The fourth-order valence-electron chi connectivity index (χ4n) is 3.36. The zero-order valence-corrected chi connectivity index (χ0v) is 17.2. The van der Waals surface area contributed by atoms with Crippen molar-refractivity contribution in [3.05, 3.63) is 53.6 Å². The third kappa shape index (κ3) is 5.71. The van der Waals surface area contributed by atoms with Crippen molar-refractivity contribution in [2.24, 2.45) is 5.10 Å². The van der Waals surface area contributed by atoms with E-state index in [9.17, 15) is 4.79 Å². The molecular formula is C22H28N3O4+. The second-order valence-corrected chi connectivity index (χ2v) is 6.96. The number of hydrogen-bond acceptors (Lipinski definition) is 6. The van der Waals surface area contributed by atoms with Crippen molar-refractivity contribution in [3.8, 4) is 17.2 Å². The fraction of sp³-hybridized carbons (Fsp3) is 0.364. The van der Waals surface area contributed by atoms with Gasteiger partial charge in [0.1, 0.15) is 6.54 Å². The molecule has 154 valence electrons. The third-order valence-corrected chi connectivity index (χ3v) is 4.84. The summed E-state index contributed by atoms with van der Waals surface area (Å²) in [4.78, 5) is 12.9. The van der Waals surface area contributed by atoms with Crippen molar-refractivity contribution in [2.45, 2.75) is 13.5 Å². The molecule has 29 heavy (non-hydrogen) atoms. The molecule has 1 fully saturated rings. The first-order valence-electron chi connectivity index (χ1n) is 9.70. The van der Waals surface area contributed by atoms with Crippen molar-refractivity contribution in [1.82, 2.24) is 5.01 Å². The summed E-state index contributed by atoms with van der Waals surface area (Å²) in [6.45, 7) is 6.28. The van der Waals surface area contributed by atoms with Gasteiger partial charge in [-0.1, -0.05) is 30.3 Å². The molecule has 0 atom stereocenters. The molecule has 0 saturated carbocycles. The highest BCUT2D eigenvalue weighted by molar-refractivity contribution is 5.83. The first kappa shape index (κ1) is 20.7. The minimum atomic E-state index is -0.432. The van der Waals surface area contributed by atoms with Gasteiger partial charge in [-0.2, -0.15) is 5.10 Å². The molecule has 1 N–H and O–H groups in total. The number of hydrogen-bond donors (Lipinski definition) is 1. The van der Waals surface area contributed by atoms with Crippen molar-refractivity contribution >= 4 is 12.2 Å². The van der Waals surface area contributed by atoms with Crippen LogP contribution in [0.1, 0.15) is 18.1 Å². The van der Waals surface area contributed by atoms with Gasteiger partial charge in [0.2, 0.25) is 5.75 Å². The van der Waals surface area contributed by atoms with Crippen LogP contribution in [0.4, 0.5) is 0 Å². The average molecular weight is 398 g/mol. The van der Waals surface area contributed by atoms with Gasteiger partial charge in [-0.25, -0.2) is 0 Å². The summed E-state index contributed by atoms with van der Waals surface area (Å²) in [5, 5.41) is 6.69. The summed E-state index contributed by atoms with van der Waals surface area (Å²) in [5.41, 5.74) is 2.18. The molecule has 1 aliphatic rings. The fourth-order valence-corrected chi connectivity index (χ4v) is 3.36. The Hall–Kier alpha value is -3.06. The highest BCUT2D eigenvalue weighted by atomic mass is 16.6. The number of quaternary nitrogens is 1. The maximum Gasteiger partial charge on any atom is 0.308 e. The Morgan fingerprint density at radius 1 is 1.10 bits per heavy atom. The first-order valence-corrected chi connectivity index (χ1v) is 9.70. The summed E-state index contributed by atoms with van der Waals surface area (Å²) < 4.78 is 15.9. The lowest BCUT2D eigenvalue weighted by Crippen LogP contribution is -3.13. The average Bonchev–Trinajstić information content (AvgIpc) is 2.74. The Labute approximate surface area is 171 Å². The molecule has 3 rings (SSSR count). The van der Waals surface area contributed by atoms with E-state index in [1.54, 1.807) is 23.2 Å². The zero-order chi connectivity index (χ0) is 20.6. The predicted molar refractivity (Wildman–Crippen MR) is 111 cm³/mol. The summed E-state index contributed by atoms with van der Waals surface area (Å²) in [7, 11) is 3.05. The highest BCUT2D eigenvalue weighted by Gasteiger charge is 2.19. The lowest BCUT2D eigenvalue weighted by molar-refractivity contribution is -0.918. The van der Waals surface area contributed by atoms with Crippen LogP contribution in [0.3, 0.4) is 0 Å². The Balaban J connectivity index is 1.62. The van der Waals surface area contributed by atoms with E-state index in [-0.39, 0.29) is 5.75 Å². The number of benzene rings is 2. The largest absolute Gasteiger partial charge is 0.493 e. The lowest BCUT2D eigenvalue weighted by Gasteiger charge is -2.30. The topological polar surface area (TPSA) is 64.8 Å². The molecule has 7 nitrogen and oxygen atoms in total. The van der Waals surface area contributed by atoms with Crippen LogP contribution in [-0.4, -0.2) is 57.6 Å². The van der Waals surface area contributed by atoms with Gasteiger partial charge in [-0.05, 0) is 12.1 Å². The molecule has 0 amide bonds. The number of methoxy groups -OCH3 is 2. The number of hydrazone groups is 1. The molecule has 1 aliphatic heterocycles. The normalized spacial score (nSPS) is 14.8. The van der Waals surface area contributed by atoms with E-state index < -0.39 is 5.97 Å². The van der Waals surface area contributed by atoms with Crippen LogP contribution in [-0.2, 0) is 11.3 Å². The second-order valence-electron chi connectivity index (χ2n) is 6.96. The predicted octanol–water partition coefficient (Wildman–Crippen LogP) is 1.36. The monoisotopic (exact) mass is 398 g/mol. The van der Waals surface area contributed by atoms with Crippen molar-refractivity contribution < 1.29 is 23.9 Å². The molecule has 0 radical (unpaired) electrons. The van der Waals surface area contributed by atoms with Gasteiger partial charge < -0.3 is 19.1 Å². The summed E-state index contributed by atoms with van der Waals surface area (Å²) in [6.07, 6.45) is 1.78. The van der Waals surface area contributed by atoms with Gasteiger partial charge in [0.15, 0.2) is 11.5 Å². The highest BCUT2D eigenvalue weighted by Crippen LogP contribution is 2.38. The van der Waals surface area contributed by atoms with E-state index in [4.69, 9.17) is 14.2 Å². The minimum absolute atomic E-state index is 0.276. The van der Waals surface area contributed by atoms with E-state index in [1.165, 1.54) is 26.7 Å². The van der Waals surface area contributed by atoms with Crippen LogP contribution in [0.15, 0.2) is 47.6 Å². The van der Waals surface area contributed by atoms with E-state index in [1.807, 2.05) is 6.07 Å². The number of ether oxygens (including phenoxy) is 3. The molecule has 2 aromatic carbocycles. The Bertz CT molecular complexity index is 821. The van der Waals surface area contributed by atoms with E-state index in [0.717, 1.165) is 38.3 Å². The van der Waals surface area contributed by atoms with Gasteiger partial charge >= 0.3 is 5.97 Å². The van der Waals surface area contributed by atoms with Crippen molar-refractivity contribution in [3.63, 3.8) is 0 Å². The second kappa shape index (κ2) is 9.93. The molecule has 0 spiro atoms. The molecule has 1 saturated heterocycles. The maximum absolute atomic E-state index is 11.3.